The van der Waals surface area contributed by atoms with Gasteiger partial charge in [0.2, 0.25) is 5.39 Å². The van der Waals surface area contributed by atoms with Gasteiger partial charge in [0.05, 0.1) is 17.7 Å². The smallest absolute Gasteiger partial charge is 0.392 e. The topological polar surface area (TPSA) is 78.0 Å². The van der Waals surface area contributed by atoms with Crippen molar-refractivity contribution in [3.63, 3.8) is 0 Å². The monoisotopic (exact) mass is 145 g/mol. The Morgan fingerprint density at radius 1 is 1.45 bits per heavy atom. The summed E-state index contributed by atoms with van der Waals surface area (Å²) in [5.41, 5.74) is 6.39. The number of nitrogens with two attached hydrogens (primary N) is 1. The van der Waals surface area contributed by atoms with Crippen LogP contribution in [0.1, 0.15) is 5.56 Å². The number of benzene rings is 1. The Morgan fingerprint density at radius 2 is 2.18 bits per heavy atom. The van der Waals surface area contributed by atoms with Gasteiger partial charge in [0.25, 0.3) is 0 Å². The lowest BCUT2D eigenvalue weighted by atomic mass is 10.2. The van der Waals surface area contributed by atoms with E-state index in [-0.39, 0.29) is 5.69 Å². The van der Waals surface area contributed by atoms with E-state index in [2.05, 4.69) is 4.98 Å². The van der Waals surface area contributed by atoms with Gasteiger partial charge in [-0.15, -0.1) is 0 Å². The largest absolute Gasteiger partial charge is 0.408 e. The Hall–Kier alpha value is -2.07. The van der Waals surface area contributed by atoms with E-state index in [9.17, 15) is 0 Å². The summed E-state index contributed by atoms with van der Waals surface area (Å²) in [4.78, 5) is 2.90. The molecular weight excluding hydrogens is 140 g/mol. The standard InChI is InChI=1S/C7H5N4/c8-4-5-1-2-6(9)7(3-5)11-10/h1-3H,9H2/q+1. The molecule has 52 valence electrons. The first-order valence-corrected chi connectivity index (χ1v) is 2.92. The van der Waals surface area contributed by atoms with Crippen LogP contribution in [0.15, 0.2) is 18.2 Å². The van der Waals surface area contributed by atoms with Crippen LogP contribution in [0.2, 0.25) is 0 Å². The molecule has 4 nitrogen and oxygen atoms in total. The average molecular weight is 145 g/mol. The quantitative estimate of drug-likeness (QED) is 0.445. The summed E-state index contributed by atoms with van der Waals surface area (Å²) in [5.74, 6) is 0. The van der Waals surface area contributed by atoms with Crippen LogP contribution in [0.3, 0.4) is 0 Å². The third kappa shape index (κ3) is 1.25. The van der Waals surface area contributed by atoms with E-state index in [0.29, 0.717) is 11.3 Å². The predicted octanol–water partition coefficient (Wildman–Crippen LogP) is 1.63. The molecular formula is C7H5N4+. The van der Waals surface area contributed by atoms with Crippen molar-refractivity contribution >= 4 is 11.4 Å². The van der Waals surface area contributed by atoms with Crippen LogP contribution in [-0.4, -0.2) is 0 Å². The molecule has 0 aliphatic carbocycles. The lowest BCUT2D eigenvalue weighted by Crippen LogP contribution is -1.84. The highest BCUT2D eigenvalue weighted by Crippen LogP contribution is 2.22. The fraction of sp³-hybridized carbons (Fsp3) is 0. The van der Waals surface area contributed by atoms with Crippen LogP contribution in [0.4, 0.5) is 11.4 Å². The fourth-order valence-corrected chi connectivity index (χ4v) is 0.700. The van der Waals surface area contributed by atoms with Crippen molar-refractivity contribution in [2.45, 2.75) is 0 Å². The zero-order chi connectivity index (χ0) is 8.27. The number of hydrogen-bond donors (Lipinski definition) is 1. The van der Waals surface area contributed by atoms with Gasteiger partial charge in [-0.1, -0.05) is 0 Å². The second kappa shape index (κ2) is 2.68. The Bertz CT molecular complexity index is 356. The summed E-state index contributed by atoms with van der Waals surface area (Å²) in [5, 5.41) is 16.8. The maximum atomic E-state index is 8.43. The molecule has 1 aromatic rings. The summed E-state index contributed by atoms with van der Waals surface area (Å²) >= 11 is 0. The first-order valence-electron chi connectivity index (χ1n) is 2.92. The lowest BCUT2D eigenvalue weighted by Gasteiger charge is -1.86. The van der Waals surface area contributed by atoms with E-state index in [4.69, 9.17) is 16.4 Å². The van der Waals surface area contributed by atoms with Gasteiger partial charge in [0.15, 0.2) is 4.98 Å². The van der Waals surface area contributed by atoms with Crippen LogP contribution in [-0.2, 0) is 0 Å². The van der Waals surface area contributed by atoms with Crippen molar-refractivity contribution in [2.75, 3.05) is 5.73 Å². The van der Waals surface area contributed by atoms with Gasteiger partial charge in [-0.25, -0.2) is 0 Å². The zero-order valence-electron chi connectivity index (χ0n) is 5.65. The number of anilines is 1. The number of nitriles is 1. The van der Waals surface area contributed by atoms with Gasteiger partial charge in [0, 0.05) is 0 Å². The van der Waals surface area contributed by atoms with Gasteiger partial charge in [-0.05, 0) is 12.1 Å². The normalized spacial score (nSPS) is 8.18. The number of nitrogens with zero attached hydrogens (tertiary/aromatic N) is 3. The number of nitrogen functional groups attached to an aromatic ring is 1. The summed E-state index contributed by atoms with van der Waals surface area (Å²) < 4.78 is 0. The predicted molar refractivity (Wildman–Crippen MR) is 40.3 cm³/mol. The molecule has 2 N–H and O–H groups in total. The van der Waals surface area contributed by atoms with E-state index >= 15 is 0 Å². The van der Waals surface area contributed by atoms with E-state index in [0.717, 1.165) is 0 Å². The molecule has 0 atom stereocenters. The van der Waals surface area contributed by atoms with Gasteiger partial charge >= 0.3 is 5.69 Å². The van der Waals surface area contributed by atoms with E-state index in [1.165, 1.54) is 12.1 Å². The molecule has 0 unspecified atom stereocenters. The van der Waals surface area contributed by atoms with Crippen molar-refractivity contribution in [3.8, 4) is 6.07 Å². The molecule has 0 amide bonds. The highest BCUT2D eigenvalue weighted by atomic mass is 14.9. The molecule has 0 heterocycles. The molecule has 1 rings (SSSR count). The SMILES string of the molecule is N#Cc1ccc(N)c([N+]#N)c1. The highest BCUT2D eigenvalue weighted by molar-refractivity contribution is 5.68. The average Bonchev–Trinajstić information content (AvgIpc) is 2.05. The molecule has 0 aliphatic rings. The molecule has 0 saturated heterocycles. The van der Waals surface area contributed by atoms with Crippen molar-refractivity contribution in [1.29, 1.82) is 10.7 Å². The zero-order valence-corrected chi connectivity index (χ0v) is 5.65. The van der Waals surface area contributed by atoms with E-state index in [1.54, 1.807) is 6.07 Å². The fourth-order valence-electron chi connectivity index (χ4n) is 0.700. The lowest BCUT2D eigenvalue weighted by molar-refractivity contribution is 1.45. The minimum Gasteiger partial charge on any atom is -0.392 e. The minimum absolute atomic E-state index is 0.226. The minimum atomic E-state index is 0.226. The first kappa shape index (κ1) is 7.04. The molecule has 0 spiro atoms. The molecule has 0 fully saturated rings. The second-order valence-corrected chi connectivity index (χ2v) is 1.99. The van der Waals surface area contributed by atoms with Crippen molar-refractivity contribution < 1.29 is 0 Å². The highest BCUT2D eigenvalue weighted by Gasteiger charge is 2.10. The molecule has 4 heteroatoms. The Balaban J connectivity index is 3.29. The van der Waals surface area contributed by atoms with E-state index in [1.807, 2.05) is 6.07 Å². The molecule has 1 aromatic carbocycles. The van der Waals surface area contributed by atoms with Crippen LogP contribution >= 0.6 is 0 Å². The maximum absolute atomic E-state index is 8.43. The first-order chi connectivity index (χ1) is 5.27. The number of rotatable bonds is 0. The van der Waals surface area contributed by atoms with Crippen LogP contribution in [0, 0.1) is 16.7 Å². The van der Waals surface area contributed by atoms with Crippen molar-refractivity contribution in [1.82, 2.24) is 0 Å². The van der Waals surface area contributed by atoms with Gasteiger partial charge in [0.1, 0.15) is 5.69 Å². The third-order valence-electron chi connectivity index (χ3n) is 1.27. The van der Waals surface area contributed by atoms with Crippen LogP contribution < -0.4 is 5.73 Å². The third-order valence-corrected chi connectivity index (χ3v) is 1.27. The van der Waals surface area contributed by atoms with Crippen molar-refractivity contribution in [2.24, 2.45) is 0 Å². The number of hydrogen-bond acceptors (Lipinski definition) is 3. The Kier molecular flexibility index (Phi) is 1.71. The Morgan fingerprint density at radius 3 is 2.73 bits per heavy atom. The Labute approximate surface area is 63.5 Å². The van der Waals surface area contributed by atoms with Gasteiger partial charge < -0.3 is 5.73 Å². The summed E-state index contributed by atoms with van der Waals surface area (Å²) in [6.07, 6.45) is 0. The molecule has 0 radical (unpaired) electrons. The molecule has 0 aromatic heterocycles. The summed E-state index contributed by atoms with van der Waals surface area (Å²) in [6, 6.07) is 6.40. The number of diazo groups is 1. The second-order valence-electron chi connectivity index (χ2n) is 1.99. The van der Waals surface area contributed by atoms with E-state index < -0.39 is 0 Å². The maximum Gasteiger partial charge on any atom is 0.408 e. The molecule has 0 aliphatic heterocycles. The summed E-state index contributed by atoms with van der Waals surface area (Å²) in [7, 11) is 0. The van der Waals surface area contributed by atoms with Gasteiger partial charge in [-0.2, -0.15) is 5.26 Å². The summed E-state index contributed by atoms with van der Waals surface area (Å²) in [6.45, 7) is 0. The van der Waals surface area contributed by atoms with Gasteiger partial charge in [-0.3, -0.25) is 0 Å². The van der Waals surface area contributed by atoms with Crippen LogP contribution in [0.5, 0.6) is 0 Å². The molecule has 0 saturated carbocycles. The molecule has 11 heavy (non-hydrogen) atoms. The van der Waals surface area contributed by atoms with Crippen molar-refractivity contribution in [3.05, 3.63) is 28.7 Å². The van der Waals surface area contributed by atoms with Crippen LogP contribution in [0.25, 0.3) is 4.98 Å². The molecule has 0 bridgehead atoms.